The van der Waals surface area contributed by atoms with Gasteiger partial charge in [-0.15, -0.1) is 0 Å². The molecule has 0 fully saturated rings. The zero-order valence-electron chi connectivity index (χ0n) is 70.6. The lowest BCUT2D eigenvalue weighted by Crippen LogP contribution is -2.01. The molecule has 0 unspecified atom stereocenters. The first kappa shape index (κ1) is 74.0. The number of hydrogen-bond acceptors (Lipinski definition) is 10. The SMILES string of the molecule is c1ccc(-c2cccc(-n3c4cccc5c6ccccc6n6c(-c7ccccn7)nc7ccc3c(c54)c76)c2)cc1.c1ccc(-c2cccc(-n3c4cccc5c6ccccc6n6c(-c7ccccn7)nc7ccc3c(c54)c76)n2)cc1.c1ccc(-c2nc(-c3ccccc3)nc(-c3cccc(-n4c5cccc6c7ccccc7n7c(-c8ccccn8)nc8ccc4c(c65)c87)c3)n2)cc1. The maximum absolute atomic E-state index is 5.21. The second-order valence-electron chi connectivity index (χ2n) is 33.3. The van der Waals surface area contributed by atoms with E-state index in [0.717, 1.165) is 162 Å². The van der Waals surface area contributed by atoms with Crippen LogP contribution in [-0.4, -0.2) is 76.7 Å². The zero-order valence-corrected chi connectivity index (χ0v) is 70.6. The molecule has 614 valence electrons. The van der Waals surface area contributed by atoms with E-state index in [0.29, 0.717) is 17.5 Å². The zero-order chi connectivity index (χ0) is 86.6. The van der Waals surface area contributed by atoms with Crippen LogP contribution in [0.2, 0.25) is 0 Å². The largest absolute Gasteiger partial charge is 0.309 e. The third kappa shape index (κ3) is 11.5. The van der Waals surface area contributed by atoms with E-state index in [2.05, 4.69) is 312 Å². The van der Waals surface area contributed by atoms with Crippen LogP contribution in [0.5, 0.6) is 0 Å². The maximum Gasteiger partial charge on any atom is 0.164 e. The fraction of sp³-hybridized carbons (Fsp3) is 0. The Balaban J connectivity index is 0.000000103. The number of hydrogen-bond donors (Lipinski definition) is 0. The van der Waals surface area contributed by atoms with Crippen molar-refractivity contribution >= 4 is 147 Å². The highest BCUT2D eigenvalue weighted by Gasteiger charge is 2.30. The fourth-order valence-corrected chi connectivity index (χ4v) is 20.5. The van der Waals surface area contributed by atoms with E-state index in [4.69, 9.17) is 49.8 Å². The summed E-state index contributed by atoms with van der Waals surface area (Å²) in [6, 6.07) is 141. The molecular weight excluding hydrogens is 1620 g/mol. The van der Waals surface area contributed by atoms with Crippen molar-refractivity contribution in [3.05, 3.63) is 425 Å². The molecule has 29 rings (SSSR count). The normalized spacial score (nSPS) is 11.9. The summed E-state index contributed by atoms with van der Waals surface area (Å²) in [6.07, 6.45) is 5.49. The molecule has 29 aromatic rings. The molecule has 16 heteroatoms. The van der Waals surface area contributed by atoms with Gasteiger partial charge in [-0.3, -0.25) is 32.7 Å². The van der Waals surface area contributed by atoms with E-state index in [1.54, 1.807) is 0 Å². The Kier molecular flexibility index (Phi) is 16.6. The van der Waals surface area contributed by atoms with Crippen molar-refractivity contribution in [3.8, 4) is 108 Å². The average molecular weight is 1690 g/mol. The minimum atomic E-state index is 0.617. The standard InChI is InChI=1S/C45H27N7.C36H22N4.C35H21N5/c1-3-13-28(14-4-1)42-48-43(29-15-5-2-6-16-29)50-44(49-42)30-17-11-18-31(27-30)51-37-23-12-20-33-32-19-7-8-22-36(32)52-41-34(24-25-38(51)40(41)39(33)37)47-45(52)35-21-9-10-26-46-35;1-2-10-23(11-3-1)24-12-8-13-25(22-24)39-31-18-9-15-27-26-14-4-5-17-30(26)40-35-28(19-20-32(39)34(35)33(27)31)38-36(40)29-16-6-7-21-37-29;1-2-10-22(11-3-1)25-15-9-18-31(37-25)39-29-17-8-13-24-23-12-4-5-16-28(23)40-34-26(19-20-30(39)33(34)32(24)29)38-35(40)27-14-6-7-21-36-27/h1-27H;1-22H;1-21H. The lowest BCUT2D eigenvalue weighted by atomic mass is 10.0. The first-order chi connectivity index (χ1) is 65.5. The van der Waals surface area contributed by atoms with Crippen molar-refractivity contribution < 1.29 is 0 Å². The van der Waals surface area contributed by atoms with Gasteiger partial charge in [0, 0.05) is 101 Å². The molecule has 16 nitrogen and oxygen atoms in total. The second-order valence-corrected chi connectivity index (χ2v) is 33.3. The monoisotopic (exact) mass is 1690 g/mol. The average Bonchev–Trinajstić information content (AvgIpc) is 1.54. The Labute approximate surface area is 752 Å². The van der Waals surface area contributed by atoms with Gasteiger partial charge in [0.2, 0.25) is 0 Å². The predicted octanol–water partition coefficient (Wildman–Crippen LogP) is 27.6. The Morgan fingerprint density at radius 3 is 0.894 bits per heavy atom. The van der Waals surface area contributed by atoms with Gasteiger partial charge >= 0.3 is 0 Å². The summed E-state index contributed by atoms with van der Waals surface area (Å²) in [5.74, 6) is 5.30. The molecule has 14 heterocycles. The van der Waals surface area contributed by atoms with E-state index in [1.807, 2.05) is 140 Å². The number of pyridine rings is 4. The number of fused-ring (bicyclic) bond motifs is 9. The van der Waals surface area contributed by atoms with Crippen LogP contribution in [0.1, 0.15) is 0 Å². The minimum absolute atomic E-state index is 0.617. The van der Waals surface area contributed by atoms with Crippen molar-refractivity contribution in [2.24, 2.45) is 0 Å². The second kappa shape index (κ2) is 29.7. The van der Waals surface area contributed by atoms with Gasteiger partial charge in [-0.25, -0.2) is 34.9 Å². The van der Waals surface area contributed by atoms with Gasteiger partial charge in [-0.1, -0.05) is 261 Å². The smallest absolute Gasteiger partial charge is 0.164 e. The van der Waals surface area contributed by atoms with Crippen LogP contribution in [0.3, 0.4) is 0 Å². The van der Waals surface area contributed by atoms with Crippen LogP contribution in [-0.2, 0) is 0 Å². The predicted molar refractivity (Wildman–Crippen MR) is 535 cm³/mol. The molecule has 0 radical (unpaired) electrons. The van der Waals surface area contributed by atoms with E-state index >= 15 is 0 Å². The van der Waals surface area contributed by atoms with Gasteiger partial charge in [0.25, 0.3) is 0 Å². The van der Waals surface area contributed by atoms with Crippen molar-refractivity contribution in [3.63, 3.8) is 0 Å². The number of benzene rings is 15. The molecule has 132 heavy (non-hydrogen) atoms. The number of aromatic nitrogens is 16. The number of nitrogens with zero attached hydrogens (tertiary/aromatic N) is 16. The third-order valence-electron chi connectivity index (χ3n) is 26.0. The van der Waals surface area contributed by atoms with Crippen LogP contribution in [0.25, 0.3) is 256 Å². The van der Waals surface area contributed by atoms with E-state index < -0.39 is 0 Å². The lowest BCUT2D eigenvalue weighted by molar-refractivity contribution is 1.07. The van der Waals surface area contributed by atoms with Gasteiger partial charge in [0.05, 0.1) is 88.4 Å². The van der Waals surface area contributed by atoms with Gasteiger partial charge in [0.1, 0.15) is 22.9 Å². The molecule has 15 aromatic carbocycles. The summed E-state index contributed by atoms with van der Waals surface area (Å²) in [5, 5.41) is 14.4. The Hall–Kier alpha value is -18.3. The summed E-state index contributed by atoms with van der Waals surface area (Å²) in [4.78, 5) is 49.8. The third-order valence-corrected chi connectivity index (χ3v) is 26.0. The minimum Gasteiger partial charge on any atom is -0.309 e. The Morgan fingerprint density at radius 2 is 0.477 bits per heavy atom. The van der Waals surface area contributed by atoms with Crippen molar-refractivity contribution in [1.29, 1.82) is 0 Å². The van der Waals surface area contributed by atoms with Crippen LogP contribution in [0, 0.1) is 0 Å². The molecule has 0 aliphatic heterocycles. The highest BCUT2D eigenvalue weighted by atomic mass is 15.1. The van der Waals surface area contributed by atoms with Gasteiger partial charge in [0.15, 0.2) is 34.9 Å². The Morgan fingerprint density at radius 1 is 0.174 bits per heavy atom. The van der Waals surface area contributed by atoms with E-state index in [9.17, 15) is 0 Å². The highest BCUT2D eigenvalue weighted by molar-refractivity contribution is 6.33. The number of rotatable bonds is 11. The lowest BCUT2D eigenvalue weighted by Gasteiger charge is -2.12. The molecule has 0 spiro atoms. The van der Waals surface area contributed by atoms with Crippen molar-refractivity contribution in [2.75, 3.05) is 0 Å². The highest BCUT2D eigenvalue weighted by Crippen LogP contribution is 2.49. The quantitative estimate of drug-likeness (QED) is 0.122. The van der Waals surface area contributed by atoms with Gasteiger partial charge in [-0.2, -0.15) is 0 Å². The topological polar surface area (TPSA) is 157 Å². The molecule has 0 aliphatic rings. The Bertz CT molecular complexity index is 9190. The first-order valence-corrected chi connectivity index (χ1v) is 44.2. The molecular formula is C116H70N16. The fourth-order valence-electron chi connectivity index (χ4n) is 20.5. The summed E-state index contributed by atoms with van der Waals surface area (Å²) in [5.41, 5.74) is 28.2. The molecule has 14 aromatic heterocycles. The summed E-state index contributed by atoms with van der Waals surface area (Å²) in [6.45, 7) is 0. The van der Waals surface area contributed by atoms with E-state index in [1.165, 1.54) is 76.0 Å². The molecule has 0 bridgehead atoms. The number of para-hydroxylation sites is 3. The van der Waals surface area contributed by atoms with Crippen molar-refractivity contribution in [1.82, 2.24) is 76.7 Å². The van der Waals surface area contributed by atoms with Gasteiger partial charge < -0.3 is 9.13 Å². The molecule has 0 aliphatic carbocycles. The van der Waals surface area contributed by atoms with Gasteiger partial charge in [-0.05, 0) is 173 Å². The molecule has 0 atom stereocenters. The number of imidazole rings is 3. The molecule has 0 N–H and O–H groups in total. The molecule has 0 amide bonds. The molecule has 0 saturated carbocycles. The summed E-state index contributed by atoms with van der Waals surface area (Å²) < 4.78 is 14.0. The van der Waals surface area contributed by atoms with Crippen LogP contribution in [0.15, 0.2) is 425 Å². The maximum atomic E-state index is 5.21. The summed E-state index contributed by atoms with van der Waals surface area (Å²) >= 11 is 0. The van der Waals surface area contributed by atoms with Crippen LogP contribution < -0.4 is 0 Å². The van der Waals surface area contributed by atoms with Crippen LogP contribution >= 0.6 is 0 Å². The van der Waals surface area contributed by atoms with Crippen LogP contribution in [0.4, 0.5) is 0 Å². The van der Waals surface area contributed by atoms with E-state index in [-0.39, 0.29) is 0 Å². The summed E-state index contributed by atoms with van der Waals surface area (Å²) in [7, 11) is 0. The van der Waals surface area contributed by atoms with Crippen molar-refractivity contribution in [2.45, 2.75) is 0 Å². The molecule has 0 saturated heterocycles. The first-order valence-electron chi connectivity index (χ1n) is 44.2.